The van der Waals surface area contributed by atoms with Crippen LogP contribution < -0.4 is 0 Å². The Labute approximate surface area is 101 Å². The molecule has 4 heteroatoms. The minimum absolute atomic E-state index is 0.216. The highest BCUT2D eigenvalue weighted by atomic mass is 32.1. The lowest BCUT2D eigenvalue weighted by Crippen LogP contribution is -2.20. The minimum atomic E-state index is -0.216. The molecule has 1 heterocycles. The summed E-state index contributed by atoms with van der Waals surface area (Å²) >= 11 is 1.70. The van der Waals surface area contributed by atoms with Crippen molar-refractivity contribution in [3.05, 3.63) is 21.9 Å². The molecule has 0 amide bonds. The van der Waals surface area contributed by atoms with E-state index in [0.29, 0.717) is 19.8 Å². The molecule has 0 fully saturated rings. The molecule has 0 aliphatic heterocycles. The maximum Gasteiger partial charge on any atom is 0.176 e. The van der Waals surface area contributed by atoms with E-state index in [1.807, 2.05) is 20.1 Å². The fourth-order valence-corrected chi connectivity index (χ4v) is 2.07. The molecule has 0 aliphatic carbocycles. The number of ether oxygens (including phenoxy) is 2. The highest BCUT2D eigenvalue weighted by Gasteiger charge is 2.05. The van der Waals surface area contributed by atoms with Crippen molar-refractivity contribution in [3.8, 4) is 0 Å². The molecule has 0 bridgehead atoms. The van der Waals surface area contributed by atoms with Gasteiger partial charge in [-0.3, -0.25) is 4.99 Å². The largest absolute Gasteiger partial charge is 0.351 e. The summed E-state index contributed by atoms with van der Waals surface area (Å²) in [5.74, 6) is 0. The van der Waals surface area contributed by atoms with Gasteiger partial charge in [-0.2, -0.15) is 0 Å². The Balaban J connectivity index is 2.42. The Morgan fingerprint density at radius 2 is 2.06 bits per heavy atom. The van der Waals surface area contributed by atoms with Gasteiger partial charge in [0.2, 0.25) is 0 Å². The molecule has 0 saturated carbocycles. The van der Waals surface area contributed by atoms with Crippen molar-refractivity contribution in [3.63, 3.8) is 0 Å². The molecular weight excluding hydrogens is 222 g/mol. The van der Waals surface area contributed by atoms with Crippen LogP contribution >= 0.6 is 11.3 Å². The van der Waals surface area contributed by atoms with Gasteiger partial charge in [0.15, 0.2) is 6.29 Å². The molecule has 0 aromatic carbocycles. The van der Waals surface area contributed by atoms with E-state index in [0.717, 1.165) is 0 Å². The second kappa shape index (κ2) is 7.54. The fraction of sp³-hybridized carbons (Fsp3) is 0.583. The Morgan fingerprint density at radius 1 is 1.38 bits per heavy atom. The van der Waals surface area contributed by atoms with E-state index in [4.69, 9.17) is 9.47 Å². The molecule has 0 spiro atoms. The third kappa shape index (κ3) is 4.43. The lowest BCUT2D eigenvalue weighted by molar-refractivity contribution is -0.128. The lowest BCUT2D eigenvalue weighted by Gasteiger charge is -2.13. The summed E-state index contributed by atoms with van der Waals surface area (Å²) in [4.78, 5) is 5.55. The number of hydrogen-bond acceptors (Lipinski definition) is 4. The molecule has 90 valence electrons. The smallest absolute Gasteiger partial charge is 0.176 e. The molecule has 0 unspecified atom stereocenters. The van der Waals surface area contributed by atoms with Gasteiger partial charge in [-0.1, -0.05) is 0 Å². The highest BCUT2D eigenvalue weighted by molar-refractivity contribution is 7.11. The molecule has 16 heavy (non-hydrogen) atoms. The summed E-state index contributed by atoms with van der Waals surface area (Å²) in [7, 11) is 0. The summed E-state index contributed by atoms with van der Waals surface area (Å²) in [5.41, 5.74) is 1.26. The summed E-state index contributed by atoms with van der Waals surface area (Å²) in [6, 6.07) is 2.09. The van der Waals surface area contributed by atoms with Crippen LogP contribution in [-0.4, -0.2) is 32.3 Å². The molecule has 0 N–H and O–H groups in total. The molecule has 0 aliphatic rings. The molecule has 1 rings (SSSR count). The highest BCUT2D eigenvalue weighted by Crippen LogP contribution is 2.12. The predicted octanol–water partition coefficient (Wildman–Crippen LogP) is 2.87. The lowest BCUT2D eigenvalue weighted by atomic mass is 10.3. The van der Waals surface area contributed by atoms with Gasteiger partial charge >= 0.3 is 0 Å². The van der Waals surface area contributed by atoms with Crippen molar-refractivity contribution < 1.29 is 9.47 Å². The van der Waals surface area contributed by atoms with E-state index in [2.05, 4.69) is 23.4 Å². The molecular formula is C12H19NO2S. The first-order valence-corrected chi connectivity index (χ1v) is 6.43. The average molecular weight is 241 g/mol. The van der Waals surface area contributed by atoms with E-state index in [1.54, 1.807) is 11.3 Å². The zero-order valence-corrected chi connectivity index (χ0v) is 10.9. The summed E-state index contributed by atoms with van der Waals surface area (Å²) < 4.78 is 10.8. The Bertz CT molecular complexity index is 317. The van der Waals surface area contributed by atoms with Crippen molar-refractivity contribution in [2.75, 3.05) is 19.8 Å². The van der Waals surface area contributed by atoms with Crippen LogP contribution in [0.25, 0.3) is 0 Å². The van der Waals surface area contributed by atoms with Crippen LogP contribution in [0.4, 0.5) is 0 Å². The maximum atomic E-state index is 5.40. The standard InChI is InChI=1S/C12H19NO2S/c1-4-14-12(15-5-2)9-13-8-11-10(3)6-7-16-11/h6-8,12H,4-5,9H2,1-3H3. The van der Waals surface area contributed by atoms with Crippen molar-refractivity contribution >= 4 is 17.6 Å². The minimum Gasteiger partial charge on any atom is -0.351 e. The van der Waals surface area contributed by atoms with Crippen LogP contribution in [0.2, 0.25) is 0 Å². The number of nitrogens with zero attached hydrogens (tertiary/aromatic N) is 1. The molecule has 1 aromatic rings. The Kier molecular flexibility index (Phi) is 6.30. The van der Waals surface area contributed by atoms with E-state index in [1.165, 1.54) is 10.4 Å². The first-order chi connectivity index (χ1) is 7.77. The first kappa shape index (κ1) is 13.4. The zero-order valence-electron chi connectivity index (χ0n) is 10.1. The van der Waals surface area contributed by atoms with Gasteiger partial charge in [0.25, 0.3) is 0 Å². The van der Waals surface area contributed by atoms with Crippen LogP contribution in [-0.2, 0) is 9.47 Å². The van der Waals surface area contributed by atoms with Crippen molar-refractivity contribution in [1.29, 1.82) is 0 Å². The summed E-state index contributed by atoms with van der Waals surface area (Å²) in [6.07, 6.45) is 1.68. The van der Waals surface area contributed by atoms with Crippen LogP contribution in [0.15, 0.2) is 16.4 Å². The van der Waals surface area contributed by atoms with E-state index in [-0.39, 0.29) is 6.29 Å². The average Bonchev–Trinajstić information content (AvgIpc) is 2.65. The van der Waals surface area contributed by atoms with Gasteiger partial charge in [-0.15, -0.1) is 11.3 Å². The van der Waals surface area contributed by atoms with Gasteiger partial charge < -0.3 is 9.47 Å². The fourth-order valence-electron chi connectivity index (χ4n) is 1.26. The summed E-state index contributed by atoms with van der Waals surface area (Å²) in [5, 5.41) is 2.07. The second-order valence-corrected chi connectivity index (χ2v) is 4.25. The predicted molar refractivity (Wildman–Crippen MR) is 68.6 cm³/mol. The van der Waals surface area contributed by atoms with Gasteiger partial charge in [0.05, 0.1) is 6.54 Å². The van der Waals surface area contributed by atoms with Gasteiger partial charge in [-0.05, 0) is 37.8 Å². The third-order valence-corrected chi connectivity index (χ3v) is 3.02. The van der Waals surface area contributed by atoms with Crippen molar-refractivity contribution in [2.45, 2.75) is 27.1 Å². The number of aliphatic imine (C=N–C) groups is 1. The normalized spacial score (nSPS) is 11.8. The molecule has 0 radical (unpaired) electrons. The second-order valence-electron chi connectivity index (χ2n) is 3.30. The van der Waals surface area contributed by atoms with E-state index < -0.39 is 0 Å². The first-order valence-electron chi connectivity index (χ1n) is 5.55. The molecule has 0 saturated heterocycles. The van der Waals surface area contributed by atoms with E-state index >= 15 is 0 Å². The Hall–Kier alpha value is -0.710. The van der Waals surface area contributed by atoms with Crippen LogP contribution in [0.5, 0.6) is 0 Å². The Morgan fingerprint density at radius 3 is 2.56 bits per heavy atom. The number of hydrogen-bond donors (Lipinski definition) is 0. The molecule has 1 aromatic heterocycles. The van der Waals surface area contributed by atoms with E-state index in [9.17, 15) is 0 Å². The quantitative estimate of drug-likeness (QED) is 0.543. The number of aryl methyl sites for hydroxylation is 1. The summed E-state index contributed by atoms with van der Waals surface area (Å²) in [6.45, 7) is 7.86. The van der Waals surface area contributed by atoms with Gasteiger partial charge in [0, 0.05) is 24.3 Å². The van der Waals surface area contributed by atoms with Crippen molar-refractivity contribution in [2.24, 2.45) is 4.99 Å². The third-order valence-electron chi connectivity index (χ3n) is 2.07. The zero-order chi connectivity index (χ0) is 11.8. The van der Waals surface area contributed by atoms with Gasteiger partial charge in [-0.25, -0.2) is 0 Å². The topological polar surface area (TPSA) is 30.8 Å². The molecule has 0 atom stereocenters. The van der Waals surface area contributed by atoms with Crippen LogP contribution in [0.1, 0.15) is 24.3 Å². The van der Waals surface area contributed by atoms with Crippen LogP contribution in [0, 0.1) is 6.92 Å². The maximum absolute atomic E-state index is 5.40. The molecule has 3 nitrogen and oxygen atoms in total. The monoisotopic (exact) mass is 241 g/mol. The van der Waals surface area contributed by atoms with Gasteiger partial charge in [0.1, 0.15) is 0 Å². The van der Waals surface area contributed by atoms with Crippen LogP contribution in [0.3, 0.4) is 0 Å². The SMILES string of the molecule is CCOC(CN=Cc1sccc1C)OCC. The number of rotatable bonds is 7. The number of thiophene rings is 1. The van der Waals surface area contributed by atoms with Crippen molar-refractivity contribution in [1.82, 2.24) is 0 Å².